The third kappa shape index (κ3) is 5.20. The molecule has 2 aromatic heterocycles. The number of pyridine rings is 1. The molecule has 1 fully saturated rings. The van der Waals surface area contributed by atoms with E-state index in [9.17, 15) is 22.8 Å². The van der Waals surface area contributed by atoms with E-state index in [2.05, 4.69) is 26.8 Å². The van der Waals surface area contributed by atoms with E-state index in [1.807, 2.05) is 13.8 Å². The quantitative estimate of drug-likeness (QED) is 0.424. The van der Waals surface area contributed by atoms with Crippen LogP contribution in [0, 0.1) is 17.8 Å². The molecule has 1 aromatic carbocycles. The number of carbonyl (C=O) groups excluding carboxylic acids is 2. The van der Waals surface area contributed by atoms with Gasteiger partial charge < -0.3 is 10.5 Å². The summed E-state index contributed by atoms with van der Waals surface area (Å²) >= 11 is 0. The van der Waals surface area contributed by atoms with Gasteiger partial charge in [-0.05, 0) is 24.3 Å². The van der Waals surface area contributed by atoms with E-state index in [1.54, 1.807) is 0 Å². The van der Waals surface area contributed by atoms with Crippen LogP contribution in [0.4, 0.5) is 35.3 Å². The highest BCUT2D eigenvalue weighted by Gasteiger charge is 2.40. The van der Waals surface area contributed by atoms with Crippen molar-refractivity contribution in [2.24, 2.45) is 5.92 Å². The average molecular weight is 496 g/mol. The van der Waals surface area contributed by atoms with E-state index in [-0.39, 0.29) is 29.1 Å². The number of halogens is 3. The molecule has 0 saturated carbocycles. The smallest absolute Gasteiger partial charge is 0.417 e. The van der Waals surface area contributed by atoms with Crippen molar-refractivity contribution in [2.75, 3.05) is 22.1 Å². The SMILES string of the molecule is CC(C)C#Cc1cc(Oc2ccnc(N)n2)ccc1N1C(=O)CN(c2cncc(C(F)(F)F)c2)C1=O. The normalized spacial score (nSPS) is 13.7. The Morgan fingerprint density at radius 1 is 1.14 bits per heavy atom. The minimum absolute atomic E-state index is 0.0152. The van der Waals surface area contributed by atoms with Crippen molar-refractivity contribution in [3.8, 4) is 23.5 Å². The Labute approximate surface area is 203 Å². The third-order valence-electron chi connectivity index (χ3n) is 4.90. The van der Waals surface area contributed by atoms with Gasteiger partial charge in [-0.25, -0.2) is 14.7 Å². The number of hydrogen-bond acceptors (Lipinski definition) is 7. The Bertz CT molecular complexity index is 1400. The monoisotopic (exact) mass is 496 g/mol. The zero-order valence-corrected chi connectivity index (χ0v) is 19.1. The maximum absolute atomic E-state index is 13.2. The maximum Gasteiger partial charge on any atom is 0.417 e. The molecule has 0 atom stereocenters. The Balaban J connectivity index is 1.70. The van der Waals surface area contributed by atoms with Gasteiger partial charge >= 0.3 is 12.2 Å². The Morgan fingerprint density at radius 3 is 2.61 bits per heavy atom. The van der Waals surface area contributed by atoms with Crippen molar-refractivity contribution in [1.29, 1.82) is 0 Å². The lowest BCUT2D eigenvalue weighted by Gasteiger charge is -2.19. The second-order valence-corrected chi connectivity index (χ2v) is 7.99. The number of hydrogen-bond donors (Lipinski definition) is 1. The highest BCUT2D eigenvalue weighted by atomic mass is 19.4. The van der Waals surface area contributed by atoms with Crippen LogP contribution < -0.4 is 20.3 Å². The number of nitrogen functional groups attached to an aromatic ring is 1. The fourth-order valence-corrected chi connectivity index (χ4v) is 3.30. The van der Waals surface area contributed by atoms with Crippen LogP contribution in [0.2, 0.25) is 0 Å². The first-order valence-electron chi connectivity index (χ1n) is 10.6. The highest BCUT2D eigenvalue weighted by Crippen LogP contribution is 2.34. The third-order valence-corrected chi connectivity index (χ3v) is 4.90. The number of rotatable bonds is 4. The largest absolute Gasteiger partial charge is 0.439 e. The molecular formula is C24H19F3N6O3. The van der Waals surface area contributed by atoms with Crippen molar-refractivity contribution < 1.29 is 27.5 Å². The lowest BCUT2D eigenvalue weighted by Crippen LogP contribution is -2.33. The Hall–Kier alpha value is -4.66. The molecule has 1 saturated heterocycles. The van der Waals surface area contributed by atoms with Gasteiger partial charge in [-0.15, -0.1) is 0 Å². The molecule has 9 nitrogen and oxygen atoms in total. The van der Waals surface area contributed by atoms with Crippen LogP contribution in [0.15, 0.2) is 48.9 Å². The number of carbonyl (C=O) groups is 2. The number of nitrogens with two attached hydrogens (primary N) is 1. The van der Waals surface area contributed by atoms with Crippen molar-refractivity contribution >= 4 is 29.3 Å². The van der Waals surface area contributed by atoms with Gasteiger partial charge in [-0.2, -0.15) is 18.2 Å². The summed E-state index contributed by atoms with van der Waals surface area (Å²) < 4.78 is 45.1. The van der Waals surface area contributed by atoms with Crippen LogP contribution in [0.1, 0.15) is 25.0 Å². The summed E-state index contributed by atoms with van der Waals surface area (Å²) in [5.41, 5.74) is 4.85. The highest BCUT2D eigenvalue weighted by molar-refractivity contribution is 6.27. The molecule has 0 radical (unpaired) electrons. The van der Waals surface area contributed by atoms with Crippen molar-refractivity contribution in [3.05, 3.63) is 60.0 Å². The molecule has 1 aliphatic rings. The van der Waals surface area contributed by atoms with Crippen molar-refractivity contribution in [1.82, 2.24) is 15.0 Å². The van der Waals surface area contributed by atoms with Crippen LogP contribution in [0.3, 0.4) is 0 Å². The van der Waals surface area contributed by atoms with E-state index >= 15 is 0 Å². The topological polar surface area (TPSA) is 115 Å². The summed E-state index contributed by atoms with van der Waals surface area (Å²) in [6.45, 7) is 3.27. The van der Waals surface area contributed by atoms with Crippen molar-refractivity contribution in [2.45, 2.75) is 20.0 Å². The fraction of sp³-hybridized carbons (Fsp3) is 0.208. The summed E-state index contributed by atoms with van der Waals surface area (Å²) in [6.07, 6.45) is -1.50. The number of ether oxygens (including phenoxy) is 1. The van der Waals surface area contributed by atoms with Gasteiger partial charge in [0.05, 0.1) is 28.7 Å². The zero-order valence-electron chi connectivity index (χ0n) is 19.1. The molecule has 184 valence electrons. The van der Waals surface area contributed by atoms with Gasteiger partial charge in [0.2, 0.25) is 11.8 Å². The predicted molar refractivity (Wildman–Crippen MR) is 124 cm³/mol. The molecule has 12 heteroatoms. The molecule has 4 rings (SSSR count). The average Bonchev–Trinajstić information content (AvgIpc) is 3.11. The number of aromatic nitrogens is 3. The Morgan fingerprint density at radius 2 is 1.92 bits per heavy atom. The molecule has 3 heterocycles. The number of amides is 3. The molecule has 0 aliphatic carbocycles. The van der Waals surface area contributed by atoms with Crippen LogP contribution in [0.25, 0.3) is 0 Å². The summed E-state index contributed by atoms with van der Waals surface area (Å²) in [5, 5.41) is 0. The summed E-state index contributed by atoms with van der Waals surface area (Å²) in [6, 6.07) is 5.94. The number of imide groups is 1. The van der Waals surface area contributed by atoms with Crippen LogP contribution in [-0.4, -0.2) is 33.4 Å². The van der Waals surface area contributed by atoms with Gasteiger partial charge in [0, 0.05) is 24.4 Å². The van der Waals surface area contributed by atoms with E-state index in [0.717, 1.165) is 22.1 Å². The molecule has 3 aromatic rings. The van der Waals surface area contributed by atoms with Crippen LogP contribution >= 0.6 is 0 Å². The van der Waals surface area contributed by atoms with Crippen LogP contribution in [-0.2, 0) is 11.0 Å². The number of benzene rings is 1. The molecule has 0 unspecified atom stereocenters. The fourth-order valence-electron chi connectivity index (χ4n) is 3.30. The van der Waals surface area contributed by atoms with Crippen molar-refractivity contribution in [3.63, 3.8) is 0 Å². The second-order valence-electron chi connectivity index (χ2n) is 7.99. The second kappa shape index (κ2) is 9.53. The molecule has 2 N–H and O–H groups in total. The van der Waals surface area contributed by atoms with Gasteiger partial charge in [0.25, 0.3) is 5.91 Å². The molecule has 1 aliphatic heterocycles. The molecule has 36 heavy (non-hydrogen) atoms. The van der Waals surface area contributed by atoms with E-state index in [1.165, 1.54) is 30.5 Å². The minimum Gasteiger partial charge on any atom is -0.439 e. The summed E-state index contributed by atoms with van der Waals surface area (Å²) in [5.74, 6) is 5.75. The van der Waals surface area contributed by atoms with Gasteiger partial charge in [-0.3, -0.25) is 14.7 Å². The number of nitrogens with zero attached hydrogens (tertiary/aromatic N) is 5. The first-order chi connectivity index (χ1) is 17.0. The summed E-state index contributed by atoms with van der Waals surface area (Å²) in [7, 11) is 0. The first-order valence-corrected chi connectivity index (χ1v) is 10.6. The molecular weight excluding hydrogens is 477 g/mol. The lowest BCUT2D eigenvalue weighted by atomic mass is 10.1. The van der Waals surface area contributed by atoms with E-state index in [4.69, 9.17) is 10.5 Å². The number of anilines is 3. The molecule has 3 amide bonds. The zero-order chi connectivity index (χ0) is 26.0. The van der Waals surface area contributed by atoms with Gasteiger partial charge in [0.1, 0.15) is 12.3 Å². The predicted octanol–water partition coefficient (Wildman–Crippen LogP) is 4.25. The maximum atomic E-state index is 13.2. The van der Waals surface area contributed by atoms with E-state index in [0.29, 0.717) is 17.5 Å². The Kier molecular flexibility index (Phi) is 6.48. The van der Waals surface area contributed by atoms with E-state index < -0.39 is 30.2 Å². The molecule has 0 bridgehead atoms. The lowest BCUT2D eigenvalue weighted by molar-refractivity contribution is -0.137. The standard InChI is InChI=1S/C24H19F3N6O3/c1-14(2)3-4-15-9-18(36-20-7-8-30-22(28)31-20)5-6-19(15)33-21(34)13-32(23(33)35)17-10-16(11-29-12-17)24(25,26)27/h5-12,14H,13H2,1-2H3,(H2,28,30,31). The van der Waals surface area contributed by atoms with Crippen LogP contribution in [0.5, 0.6) is 11.6 Å². The summed E-state index contributed by atoms with van der Waals surface area (Å²) in [4.78, 5) is 39.2. The molecule has 0 spiro atoms. The minimum atomic E-state index is -4.65. The number of alkyl halides is 3. The number of urea groups is 1. The first kappa shape index (κ1) is 24.5. The van der Waals surface area contributed by atoms with Gasteiger partial charge in [0.15, 0.2) is 0 Å². The van der Waals surface area contributed by atoms with Gasteiger partial charge in [-0.1, -0.05) is 25.7 Å².